The fourth-order valence-corrected chi connectivity index (χ4v) is 2.36. The molecule has 108 valence electrons. The Kier molecular flexibility index (Phi) is 4.46. The fraction of sp³-hybridized carbons (Fsp3) is 0.188. The number of hydrogen-bond donors (Lipinski definition) is 2. The highest BCUT2D eigenvalue weighted by Gasteiger charge is 2.25. The summed E-state index contributed by atoms with van der Waals surface area (Å²) in [5, 5.41) is 23.0. The zero-order chi connectivity index (χ0) is 15.5. The molecule has 1 unspecified atom stereocenters. The van der Waals surface area contributed by atoms with Crippen molar-refractivity contribution in [2.75, 3.05) is 11.9 Å². The van der Waals surface area contributed by atoms with Gasteiger partial charge in [0.15, 0.2) is 0 Å². The van der Waals surface area contributed by atoms with Crippen LogP contribution in [0.3, 0.4) is 0 Å². The van der Waals surface area contributed by atoms with E-state index in [9.17, 15) is 9.50 Å². The van der Waals surface area contributed by atoms with Gasteiger partial charge in [-0.25, -0.2) is 4.39 Å². The molecule has 0 radical (unpaired) electrons. The summed E-state index contributed by atoms with van der Waals surface area (Å²) in [6, 6.07) is 12.8. The van der Waals surface area contributed by atoms with Gasteiger partial charge >= 0.3 is 0 Å². The highest BCUT2D eigenvalue weighted by molar-refractivity contribution is 6.31. The first-order chi connectivity index (χ1) is 9.94. The molecule has 0 fully saturated rings. The minimum Gasteiger partial charge on any atom is -0.384 e. The van der Waals surface area contributed by atoms with Crippen LogP contribution in [0, 0.1) is 17.1 Å². The van der Waals surface area contributed by atoms with E-state index >= 15 is 0 Å². The van der Waals surface area contributed by atoms with Gasteiger partial charge in [-0.1, -0.05) is 29.8 Å². The summed E-state index contributed by atoms with van der Waals surface area (Å²) in [6.45, 7) is 1.76. The number of nitrogens with one attached hydrogen (secondary N) is 1. The van der Waals surface area contributed by atoms with Gasteiger partial charge in [-0.2, -0.15) is 5.26 Å². The molecule has 2 aromatic carbocycles. The molecule has 0 aromatic heterocycles. The van der Waals surface area contributed by atoms with Crippen LogP contribution in [0.2, 0.25) is 5.02 Å². The van der Waals surface area contributed by atoms with Gasteiger partial charge in [0.2, 0.25) is 0 Å². The van der Waals surface area contributed by atoms with Crippen molar-refractivity contribution >= 4 is 17.3 Å². The Morgan fingerprint density at radius 3 is 2.71 bits per heavy atom. The molecule has 0 saturated carbocycles. The molecule has 2 aromatic rings. The lowest BCUT2D eigenvalue weighted by Gasteiger charge is -2.26. The van der Waals surface area contributed by atoms with Crippen LogP contribution >= 0.6 is 11.6 Å². The van der Waals surface area contributed by atoms with Gasteiger partial charge in [0, 0.05) is 17.1 Å². The predicted octanol–water partition coefficient (Wildman–Crippen LogP) is 3.67. The second-order valence-corrected chi connectivity index (χ2v) is 5.32. The molecule has 5 heteroatoms. The highest BCUT2D eigenvalue weighted by Crippen LogP contribution is 2.28. The molecule has 0 saturated heterocycles. The van der Waals surface area contributed by atoms with Crippen LogP contribution in [-0.2, 0) is 5.60 Å². The maximum Gasteiger partial charge on any atom is 0.124 e. The molecule has 0 aliphatic heterocycles. The molecule has 0 amide bonds. The third-order valence-electron chi connectivity index (χ3n) is 3.18. The molecule has 2 N–H and O–H groups in total. The highest BCUT2D eigenvalue weighted by atomic mass is 35.5. The topological polar surface area (TPSA) is 56.0 Å². The fourth-order valence-electron chi connectivity index (χ4n) is 2.02. The molecule has 0 aliphatic carbocycles. The first-order valence-corrected chi connectivity index (χ1v) is 6.73. The Bertz CT molecular complexity index is 695. The summed E-state index contributed by atoms with van der Waals surface area (Å²) in [7, 11) is 0. The zero-order valence-corrected chi connectivity index (χ0v) is 12.2. The Labute approximate surface area is 127 Å². The van der Waals surface area contributed by atoms with E-state index in [1.54, 1.807) is 31.2 Å². The van der Waals surface area contributed by atoms with Crippen LogP contribution in [0.4, 0.5) is 10.1 Å². The summed E-state index contributed by atoms with van der Waals surface area (Å²) in [6.07, 6.45) is 0. The van der Waals surface area contributed by atoms with E-state index in [2.05, 4.69) is 5.32 Å². The third-order valence-corrected chi connectivity index (χ3v) is 3.51. The van der Waals surface area contributed by atoms with Gasteiger partial charge in [-0.15, -0.1) is 0 Å². The first kappa shape index (κ1) is 15.3. The van der Waals surface area contributed by atoms with Crippen molar-refractivity contribution in [3.05, 3.63) is 64.4 Å². The van der Waals surface area contributed by atoms with Crippen LogP contribution in [-0.4, -0.2) is 11.7 Å². The minimum atomic E-state index is -1.22. The second-order valence-electron chi connectivity index (χ2n) is 4.91. The van der Waals surface area contributed by atoms with E-state index in [0.717, 1.165) is 6.07 Å². The quantitative estimate of drug-likeness (QED) is 0.906. The average molecular weight is 305 g/mol. The van der Waals surface area contributed by atoms with Crippen molar-refractivity contribution in [3.8, 4) is 6.07 Å². The number of anilines is 1. The molecule has 0 spiro atoms. The number of benzene rings is 2. The number of hydrogen-bond acceptors (Lipinski definition) is 3. The zero-order valence-electron chi connectivity index (χ0n) is 11.4. The first-order valence-electron chi connectivity index (χ1n) is 6.35. The summed E-state index contributed by atoms with van der Waals surface area (Å²) in [4.78, 5) is 0. The number of rotatable bonds is 4. The summed E-state index contributed by atoms with van der Waals surface area (Å²) < 4.78 is 13.1. The number of nitriles is 1. The number of nitrogens with zero attached hydrogens (tertiary/aromatic N) is 1. The monoisotopic (exact) mass is 304 g/mol. The van der Waals surface area contributed by atoms with Crippen LogP contribution in [0.1, 0.15) is 18.1 Å². The Balaban J connectivity index is 2.20. The van der Waals surface area contributed by atoms with Gasteiger partial charge in [0.25, 0.3) is 0 Å². The van der Waals surface area contributed by atoms with E-state index in [4.69, 9.17) is 16.9 Å². The van der Waals surface area contributed by atoms with Crippen molar-refractivity contribution in [2.24, 2.45) is 0 Å². The number of halogens is 2. The summed E-state index contributed by atoms with van der Waals surface area (Å²) >= 11 is 6.08. The normalized spacial score (nSPS) is 13.3. The Morgan fingerprint density at radius 1 is 1.33 bits per heavy atom. The maximum atomic E-state index is 13.1. The SMILES string of the molecule is CC(O)(CNc1ccc(F)cc1C#N)c1ccccc1Cl. The van der Waals surface area contributed by atoms with Crippen molar-refractivity contribution in [1.82, 2.24) is 0 Å². The molecular weight excluding hydrogens is 291 g/mol. The molecule has 21 heavy (non-hydrogen) atoms. The van der Waals surface area contributed by atoms with Crippen molar-refractivity contribution in [2.45, 2.75) is 12.5 Å². The Hall–Kier alpha value is -2.09. The average Bonchev–Trinajstić information content (AvgIpc) is 2.46. The van der Waals surface area contributed by atoms with E-state index in [-0.39, 0.29) is 12.1 Å². The lowest BCUT2D eigenvalue weighted by Crippen LogP contribution is -2.31. The smallest absolute Gasteiger partial charge is 0.124 e. The van der Waals surface area contributed by atoms with Gasteiger partial charge in [0.05, 0.1) is 11.3 Å². The van der Waals surface area contributed by atoms with Gasteiger partial charge < -0.3 is 10.4 Å². The molecule has 0 heterocycles. The van der Waals surface area contributed by atoms with E-state index < -0.39 is 11.4 Å². The van der Waals surface area contributed by atoms with E-state index in [1.165, 1.54) is 12.1 Å². The van der Waals surface area contributed by atoms with Crippen LogP contribution in [0.15, 0.2) is 42.5 Å². The second kappa shape index (κ2) is 6.13. The molecule has 3 nitrogen and oxygen atoms in total. The van der Waals surface area contributed by atoms with Crippen molar-refractivity contribution in [3.63, 3.8) is 0 Å². The van der Waals surface area contributed by atoms with Crippen LogP contribution < -0.4 is 5.32 Å². The summed E-state index contributed by atoms with van der Waals surface area (Å²) in [5.41, 5.74) is 0.00962. The molecule has 0 aliphatic rings. The third kappa shape index (κ3) is 3.52. The predicted molar refractivity (Wildman–Crippen MR) is 80.6 cm³/mol. The van der Waals surface area contributed by atoms with Crippen molar-refractivity contribution in [1.29, 1.82) is 5.26 Å². The van der Waals surface area contributed by atoms with Crippen LogP contribution in [0.25, 0.3) is 0 Å². The standard InChI is InChI=1S/C16H14ClFN2O/c1-16(21,13-4-2-3-5-14(13)17)10-20-15-7-6-12(18)8-11(15)9-19/h2-8,20-21H,10H2,1H3. The molecular formula is C16H14ClFN2O. The van der Waals surface area contributed by atoms with Crippen molar-refractivity contribution < 1.29 is 9.50 Å². The van der Waals surface area contributed by atoms with Gasteiger partial charge in [-0.3, -0.25) is 0 Å². The van der Waals surface area contributed by atoms with Gasteiger partial charge in [-0.05, 0) is 31.2 Å². The molecule has 0 bridgehead atoms. The van der Waals surface area contributed by atoms with Gasteiger partial charge in [0.1, 0.15) is 17.5 Å². The summed E-state index contributed by atoms with van der Waals surface area (Å²) in [5.74, 6) is -0.477. The lowest BCUT2D eigenvalue weighted by atomic mass is 9.95. The maximum absolute atomic E-state index is 13.1. The van der Waals surface area contributed by atoms with E-state index in [1.807, 2.05) is 6.07 Å². The minimum absolute atomic E-state index is 0.136. The lowest BCUT2D eigenvalue weighted by molar-refractivity contribution is 0.0716. The van der Waals surface area contributed by atoms with Crippen LogP contribution in [0.5, 0.6) is 0 Å². The van der Waals surface area contributed by atoms with E-state index in [0.29, 0.717) is 16.3 Å². The molecule has 1 atom stereocenters. The largest absolute Gasteiger partial charge is 0.384 e. The molecule has 2 rings (SSSR count). The Morgan fingerprint density at radius 2 is 2.05 bits per heavy atom. The number of aliphatic hydroxyl groups is 1.